The Morgan fingerprint density at radius 1 is 1.19 bits per heavy atom. The minimum absolute atomic E-state index is 0.306. The number of thiocarbonyl (C=S) groups is 1. The van der Waals surface area contributed by atoms with Crippen molar-refractivity contribution in [2.24, 2.45) is 0 Å². The minimum Gasteiger partial charge on any atom is -0.447 e. The van der Waals surface area contributed by atoms with Gasteiger partial charge in [-0.05, 0) is 36.5 Å². The number of nitrogens with zero attached hydrogens (tertiary/aromatic N) is 2. The highest BCUT2D eigenvalue weighted by Crippen LogP contribution is 2.26. The second-order valence-corrected chi connectivity index (χ2v) is 6.19. The molecule has 2 N–H and O–H groups in total. The molecule has 0 radical (unpaired) electrons. The highest BCUT2D eigenvalue weighted by Gasteiger charge is 2.32. The van der Waals surface area contributed by atoms with Gasteiger partial charge in [-0.25, -0.2) is 9.59 Å². The lowest BCUT2D eigenvalue weighted by Gasteiger charge is -2.16. The van der Waals surface area contributed by atoms with E-state index in [4.69, 9.17) is 21.7 Å². The summed E-state index contributed by atoms with van der Waals surface area (Å²) in [5.41, 5.74) is 1.45. The fourth-order valence-electron chi connectivity index (χ4n) is 2.71. The van der Waals surface area contributed by atoms with Crippen molar-refractivity contribution in [3.05, 3.63) is 36.9 Å². The molecule has 2 aliphatic heterocycles. The molecule has 0 spiro atoms. The number of amides is 2. The van der Waals surface area contributed by atoms with Crippen LogP contribution in [0.25, 0.3) is 0 Å². The van der Waals surface area contributed by atoms with Crippen molar-refractivity contribution in [2.45, 2.75) is 6.10 Å². The molecule has 2 saturated heterocycles. The smallest absolute Gasteiger partial charge is 0.414 e. The number of hydrogen-bond donors (Lipinski definition) is 2. The number of nitrogens with one attached hydrogen (secondary N) is 2. The maximum atomic E-state index is 12.1. The Balaban J connectivity index is 1.56. The number of carbonyl (C=O) groups is 2. The van der Waals surface area contributed by atoms with Gasteiger partial charge in [0.25, 0.3) is 0 Å². The number of benzene rings is 1. The molecule has 9 heteroatoms. The first-order chi connectivity index (χ1) is 12.6. The minimum atomic E-state index is -0.407. The summed E-state index contributed by atoms with van der Waals surface area (Å²) in [6.07, 6.45) is 0.636. The molecule has 1 unspecified atom stereocenters. The summed E-state index contributed by atoms with van der Waals surface area (Å²) in [4.78, 5) is 26.8. The van der Waals surface area contributed by atoms with Gasteiger partial charge in [-0.3, -0.25) is 9.80 Å². The van der Waals surface area contributed by atoms with Crippen LogP contribution >= 0.6 is 12.2 Å². The molecule has 1 atom stereocenters. The number of hydrogen-bond acceptors (Lipinski definition) is 5. The lowest BCUT2D eigenvalue weighted by Crippen LogP contribution is -2.40. The average Bonchev–Trinajstić information content (AvgIpc) is 3.24. The third-order valence-corrected chi connectivity index (χ3v) is 4.29. The van der Waals surface area contributed by atoms with E-state index in [2.05, 4.69) is 17.2 Å². The fraction of sp³-hybridized carbons (Fsp3) is 0.353. The average molecular weight is 376 g/mol. The van der Waals surface area contributed by atoms with E-state index in [0.717, 1.165) is 5.69 Å². The summed E-state index contributed by atoms with van der Waals surface area (Å²) in [7, 11) is 0. The number of rotatable bonds is 6. The topological polar surface area (TPSA) is 83.1 Å². The van der Waals surface area contributed by atoms with E-state index in [-0.39, 0.29) is 12.2 Å². The van der Waals surface area contributed by atoms with Crippen molar-refractivity contribution in [1.82, 2.24) is 10.6 Å². The Morgan fingerprint density at radius 2 is 1.88 bits per heavy atom. The van der Waals surface area contributed by atoms with Gasteiger partial charge in [0, 0.05) is 17.9 Å². The van der Waals surface area contributed by atoms with Crippen molar-refractivity contribution >= 4 is 40.9 Å². The summed E-state index contributed by atoms with van der Waals surface area (Å²) in [6, 6.07) is 7.15. The van der Waals surface area contributed by atoms with Crippen LogP contribution in [0, 0.1) is 0 Å². The van der Waals surface area contributed by atoms with Crippen LogP contribution < -0.4 is 20.4 Å². The normalized spacial score (nSPS) is 19.2. The summed E-state index contributed by atoms with van der Waals surface area (Å²) < 4.78 is 10.3. The predicted octanol–water partition coefficient (Wildman–Crippen LogP) is 1.62. The SMILES string of the molecule is C=CCNC(=S)NCC1CN(c2ccc(N3CCOC3=O)cc2)C(=O)O1. The predicted molar refractivity (Wildman–Crippen MR) is 102 cm³/mol. The van der Waals surface area contributed by atoms with Crippen LogP contribution in [0.5, 0.6) is 0 Å². The largest absolute Gasteiger partial charge is 0.447 e. The molecule has 0 saturated carbocycles. The van der Waals surface area contributed by atoms with Crippen LogP contribution in [0.15, 0.2) is 36.9 Å². The number of ether oxygens (including phenoxy) is 2. The zero-order chi connectivity index (χ0) is 18.5. The van der Waals surface area contributed by atoms with Crippen LogP contribution in [-0.2, 0) is 9.47 Å². The van der Waals surface area contributed by atoms with E-state index in [1.807, 2.05) is 0 Å². The molecule has 8 nitrogen and oxygen atoms in total. The molecule has 2 amide bonds. The molecular formula is C17H20N4O4S. The van der Waals surface area contributed by atoms with E-state index >= 15 is 0 Å². The van der Waals surface area contributed by atoms with E-state index in [9.17, 15) is 9.59 Å². The summed E-state index contributed by atoms with van der Waals surface area (Å²) in [5.74, 6) is 0. The van der Waals surface area contributed by atoms with Gasteiger partial charge in [0.15, 0.2) is 5.11 Å². The Labute approximate surface area is 156 Å². The summed E-state index contributed by atoms with van der Waals surface area (Å²) >= 11 is 5.12. The Bertz CT molecular complexity index is 709. The Morgan fingerprint density at radius 3 is 2.50 bits per heavy atom. The first kappa shape index (κ1) is 18.0. The second-order valence-electron chi connectivity index (χ2n) is 5.78. The standard InChI is InChI=1S/C17H20N4O4S/c1-2-7-18-15(26)19-10-14-11-21(17(23)25-14)13-5-3-12(4-6-13)20-8-9-24-16(20)22/h2-6,14H,1,7-11H2,(H2,18,19,26). The van der Waals surface area contributed by atoms with E-state index in [1.165, 1.54) is 0 Å². The molecule has 2 heterocycles. The zero-order valence-electron chi connectivity index (χ0n) is 14.1. The summed E-state index contributed by atoms with van der Waals surface area (Å²) in [6.45, 7) is 5.92. The van der Waals surface area contributed by atoms with Gasteiger partial charge in [0.1, 0.15) is 12.7 Å². The van der Waals surface area contributed by atoms with Gasteiger partial charge < -0.3 is 20.1 Å². The van der Waals surface area contributed by atoms with Gasteiger partial charge in [0.05, 0.1) is 19.6 Å². The Hall–Kier alpha value is -2.81. The highest BCUT2D eigenvalue weighted by atomic mass is 32.1. The van der Waals surface area contributed by atoms with Crippen LogP contribution in [0.4, 0.5) is 21.0 Å². The molecule has 0 bridgehead atoms. The third kappa shape index (κ3) is 4.05. The van der Waals surface area contributed by atoms with Crippen molar-refractivity contribution in [3.63, 3.8) is 0 Å². The van der Waals surface area contributed by atoms with Gasteiger partial charge >= 0.3 is 12.2 Å². The molecule has 2 fully saturated rings. The highest BCUT2D eigenvalue weighted by molar-refractivity contribution is 7.80. The number of carbonyl (C=O) groups excluding carboxylic acids is 2. The van der Waals surface area contributed by atoms with Crippen molar-refractivity contribution in [3.8, 4) is 0 Å². The van der Waals surface area contributed by atoms with Gasteiger partial charge in [-0.2, -0.15) is 0 Å². The Kier molecular flexibility index (Phi) is 5.57. The van der Waals surface area contributed by atoms with Crippen LogP contribution in [0.1, 0.15) is 0 Å². The first-order valence-corrected chi connectivity index (χ1v) is 8.64. The number of cyclic esters (lactones) is 2. The fourth-order valence-corrected chi connectivity index (χ4v) is 2.88. The molecule has 1 aromatic carbocycles. The maximum Gasteiger partial charge on any atom is 0.414 e. The quantitative estimate of drug-likeness (QED) is 0.577. The first-order valence-electron chi connectivity index (χ1n) is 8.23. The van der Waals surface area contributed by atoms with Crippen LogP contribution in [-0.4, -0.2) is 56.2 Å². The van der Waals surface area contributed by atoms with Gasteiger partial charge in [0.2, 0.25) is 0 Å². The molecule has 1 aromatic rings. The number of anilines is 2. The molecule has 2 aliphatic rings. The van der Waals surface area contributed by atoms with Crippen molar-refractivity contribution in [1.29, 1.82) is 0 Å². The maximum absolute atomic E-state index is 12.1. The molecule has 26 heavy (non-hydrogen) atoms. The van der Waals surface area contributed by atoms with Crippen molar-refractivity contribution < 1.29 is 19.1 Å². The van der Waals surface area contributed by atoms with Crippen molar-refractivity contribution in [2.75, 3.05) is 42.6 Å². The molecular weight excluding hydrogens is 356 g/mol. The van der Waals surface area contributed by atoms with Gasteiger partial charge in [-0.1, -0.05) is 6.08 Å². The molecule has 138 valence electrons. The summed E-state index contributed by atoms with van der Waals surface area (Å²) in [5, 5.41) is 6.45. The molecule has 0 aromatic heterocycles. The lowest BCUT2D eigenvalue weighted by atomic mass is 10.2. The van der Waals surface area contributed by atoms with Gasteiger partial charge in [-0.15, -0.1) is 6.58 Å². The van der Waals surface area contributed by atoms with Crippen LogP contribution in [0.3, 0.4) is 0 Å². The zero-order valence-corrected chi connectivity index (χ0v) is 15.0. The third-order valence-electron chi connectivity index (χ3n) is 4.01. The van der Waals surface area contributed by atoms with E-state index in [0.29, 0.717) is 43.6 Å². The molecule has 0 aliphatic carbocycles. The monoisotopic (exact) mass is 376 g/mol. The lowest BCUT2D eigenvalue weighted by molar-refractivity contribution is 0.143. The van der Waals surface area contributed by atoms with E-state index in [1.54, 1.807) is 40.1 Å². The van der Waals surface area contributed by atoms with Crippen LogP contribution in [0.2, 0.25) is 0 Å². The molecule has 3 rings (SSSR count). The van der Waals surface area contributed by atoms with E-state index < -0.39 is 6.09 Å². The second kappa shape index (κ2) is 8.05.